The molecule has 0 aliphatic rings. The monoisotopic (exact) mass is 610 g/mol. The number of aromatic amines is 2. The fourth-order valence-corrected chi connectivity index (χ4v) is 5.06. The Balaban J connectivity index is 1.36. The summed E-state index contributed by atoms with van der Waals surface area (Å²) in [5.74, 6) is -0.860. The van der Waals surface area contributed by atoms with Gasteiger partial charge < -0.3 is 20.5 Å². The number of hydrogen-bond donors (Lipinski definition) is 4. The first kappa shape index (κ1) is 29.8. The minimum atomic E-state index is -0.620. The van der Waals surface area contributed by atoms with Gasteiger partial charge in [-0.25, -0.2) is 13.8 Å². The zero-order chi connectivity index (χ0) is 31.5. The van der Waals surface area contributed by atoms with Gasteiger partial charge in [-0.1, -0.05) is 13.3 Å². The Hall–Kier alpha value is -5.30. The molecule has 11 nitrogen and oxygen atoms in total. The van der Waals surface area contributed by atoms with Crippen molar-refractivity contribution in [3.63, 3.8) is 0 Å². The predicted molar refractivity (Wildman–Crippen MR) is 171 cm³/mol. The quantitative estimate of drug-likeness (QED) is 0.140. The number of unbranched alkanes of at least 4 members (excludes halogenated alkanes) is 1. The van der Waals surface area contributed by atoms with E-state index in [2.05, 4.69) is 40.8 Å². The van der Waals surface area contributed by atoms with E-state index in [1.165, 1.54) is 30.7 Å². The van der Waals surface area contributed by atoms with E-state index >= 15 is 4.39 Å². The van der Waals surface area contributed by atoms with Crippen molar-refractivity contribution < 1.29 is 13.6 Å². The van der Waals surface area contributed by atoms with Crippen LogP contribution in [0.3, 0.4) is 0 Å². The smallest absolute Gasteiger partial charge is 0.224 e. The molecule has 0 fully saturated rings. The Morgan fingerprint density at radius 2 is 1.80 bits per heavy atom. The molecule has 5 heterocycles. The first-order chi connectivity index (χ1) is 21.8. The Morgan fingerprint density at radius 3 is 2.62 bits per heavy atom. The zero-order valence-electron chi connectivity index (χ0n) is 25.1. The van der Waals surface area contributed by atoms with Gasteiger partial charge in [-0.15, -0.1) is 0 Å². The molecule has 230 valence electrons. The maximum absolute atomic E-state index is 16.2. The molecule has 0 unspecified atom stereocenters. The second-order valence-electron chi connectivity index (χ2n) is 11.0. The number of nitrogens with zero attached hydrogens (tertiary/aromatic N) is 6. The lowest BCUT2D eigenvalue weighted by atomic mass is 10.1. The summed E-state index contributed by atoms with van der Waals surface area (Å²) in [5, 5.41) is 13.4. The van der Waals surface area contributed by atoms with Crippen LogP contribution >= 0.6 is 0 Å². The van der Waals surface area contributed by atoms with Gasteiger partial charge in [0.15, 0.2) is 11.6 Å². The van der Waals surface area contributed by atoms with E-state index in [1.54, 1.807) is 18.3 Å². The van der Waals surface area contributed by atoms with Gasteiger partial charge in [-0.2, -0.15) is 5.10 Å². The summed E-state index contributed by atoms with van der Waals surface area (Å²) in [4.78, 5) is 35.2. The van der Waals surface area contributed by atoms with Crippen LogP contribution in [0.4, 0.5) is 20.2 Å². The normalized spacial score (nSPS) is 11.5. The summed E-state index contributed by atoms with van der Waals surface area (Å²) in [6.45, 7) is 3.44. The molecule has 45 heavy (non-hydrogen) atoms. The fraction of sp³-hybridized carbons (Fsp3) is 0.250. The summed E-state index contributed by atoms with van der Waals surface area (Å²) >= 11 is 0. The number of pyridine rings is 3. The van der Waals surface area contributed by atoms with Crippen molar-refractivity contribution in [2.75, 3.05) is 37.8 Å². The van der Waals surface area contributed by atoms with E-state index in [9.17, 15) is 9.18 Å². The molecule has 5 aromatic heterocycles. The number of benzene rings is 1. The second-order valence-corrected chi connectivity index (χ2v) is 11.0. The van der Waals surface area contributed by atoms with Crippen LogP contribution in [0.1, 0.15) is 26.2 Å². The lowest BCUT2D eigenvalue weighted by Gasteiger charge is -2.12. The highest BCUT2D eigenvalue weighted by Gasteiger charge is 2.22. The molecule has 0 saturated carbocycles. The van der Waals surface area contributed by atoms with Crippen molar-refractivity contribution in [2.45, 2.75) is 26.2 Å². The molecule has 4 N–H and O–H groups in total. The molecule has 0 atom stereocenters. The molecular weight excluding hydrogens is 578 g/mol. The summed E-state index contributed by atoms with van der Waals surface area (Å²) < 4.78 is 30.9. The fourth-order valence-electron chi connectivity index (χ4n) is 5.06. The molecule has 0 radical (unpaired) electrons. The number of carbonyl (C=O) groups excluding carboxylic acids is 1. The van der Waals surface area contributed by atoms with Crippen LogP contribution in [0, 0.1) is 11.6 Å². The van der Waals surface area contributed by atoms with Crippen LogP contribution in [-0.2, 0) is 4.79 Å². The minimum Gasteiger partial charge on any atom is -0.384 e. The highest BCUT2D eigenvalue weighted by atomic mass is 19.1. The van der Waals surface area contributed by atoms with Crippen LogP contribution in [0.5, 0.6) is 0 Å². The Kier molecular flexibility index (Phi) is 8.43. The third kappa shape index (κ3) is 6.34. The molecular formula is C32H32F2N10O. The number of hydrogen-bond acceptors (Lipinski definition) is 8. The third-order valence-electron chi connectivity index (χ3n) is 7.28. The number of halogens is 2. The molecule has 0 spiro atoms. The van der Waals surface area contributed by atoms with Crippen LogP contribution in [0.25, 0.3) is 56.0 Å². The van der Waals surface area contributed by atoms with Gasteiger partial charge in [0.25, 0.3) is 0 Å². The number of anilines is 2. The highest BCUT2D eigenvalue weighted by Crippen LogP contribution is 2.35. The number of carbonyl (C=O) groups is 1. The van der Waals surface area contributed by atoms with Gasteiger partial charge in [0.1, 0.15) is 22.7 Å². The molecule has 1 aromatic carbocycles. The number of H-pyrrole nitrogens is 2. The number of amides is 1. The largest absolute Gasteiger partial charge is 0.384 e. The summed E-state index contributed by atoms with van der Waals surface area (Å²) in [7, 11) is 3.94. The Morgan fingerprint density at radius 1 is 0.956 bits per heavy atom. The van der Waals surface area contributed by atoms with Crippen LogP contribution < -0.4 is 10.6 Å². The molecule has 0 aliphatic carbocycles. The van der Waals surface area contributed by atoms with Crippen molar-refractivity contribution in [3.05, 3.63) is 66.8 Å². The van der Waals surface area contributed by atoms with Crippen LogP contribution in [-0.4, -0.2) is 73.1 Å². The molecule has 0 saturated heterocycles. The summed E-state index contributed by atoms with van der Waals surface area (Å²) in [6.07, 6.45) is 8.15. The van der Waals surface area contributed by atoms with E-state index in [-0.39, 0.29) is 22.7 Å². The summed E-state index contributed by atoms with van der Waals surface area (Å²) in [5.41, 5.74) is 4.27. The van der Waals surface area contributed by atoms with Crippen LogP contribution in [0.15, 0.2) is 55.1 Å². The van der Waals surface area contributed by atoms with E-state index in [0.29, 0.717) is 63.5 Å². The van der Waals surface area contributed by atoms with Gasteiger partial charge in [0.05, 0.1) is 40.2 Å². The standard InChI is InChI=1S/C32H32F2N10O/c1-4-5-6-25(45)39-22-13-19(15-35-16-22)28-27(34)26-24(17-38-28)42-43-31(26)32-40-23-7-8-37-29(30(23)41-32)18-11-20(33)14-21(12-18)36-9-10-44(2)3/h7-8,11-17,36H,4-6,9-10H2,1-3H3,(H,39,45)(H,40,41)(H,42,43). The molecule has 0 aliphatic heterocycles. The van der Waals surface area contributed by atoms with E-state index in [1.807, 2.05) is 32.0 Å². The van der Waals surface area contributed by atoms with Gasteiger partial charge in [0, 0.05) is 48.7 Å². The van der Waals surface area contributed by atoms with E-state index < -0.39 is 11.6 Å². The highest BCUT2D eigenvalue weighted by molar-refractivity contribution is 5.98. The number of imidazole rings is 1. The minimum absolute atomic E-state index is 0.0508. The van der Waals surface area contributed by atoms with Crippen molar-refractivity contribution in [3.8, 4) is 34.0 Å². The maximum Gasteiger partial charge on any atom is 0.224 e. The van der Waals surface area contributed by atoms with E-state index in [0.717, 1.165) is 19.4 Å². The first-order valence-electron chi connectivity index (χ1n) is 14.6. The Labute approximate surface area is 257 Å². The molecule has 1 amide bonds. The van der Waals surface area contributed by atoms with Gasteiger partial charge in [0.2, 0.25) is 5.91 Å². The van der Waals surface area contributed by atoms with Gasteiger partial charge in [-0.05, 0) is 50.8 Å². The van der Waals surface area contributed by atoms with Gasteiger partial charge in [-0.3, -0.25) is 24.8 Å². The number of fused-ring (bicyclic) bond motifs is 2. The van der Waals surface area contributed by atoms with Crippen molar-refractivity contribution >= 4 is 39.2 Å². The molecule has 13 heteroatoms. The van der Waals surface area contributed by atoms with E-state index in [4.69, 9.17) is 4.98 Å². The number of likely N-dealkylation sites (N-methyl/N-ethyl adjacent to an activating group) is 1. The second kappa shape index (κ2) is 12.7. The average molecular weight is 611 g/mol. The van der Waals surface area contributed by atoms with Crippen molar-refractivity contribution in [1.29, 1.82) is 0 Å². The Bertz CT molecular complexity index is 2000. The van der Waals surface area contributed by atoms with Crippen LogP contribution in [0.2, 0.25) is 0 Å². The topological polar surface area (TPSA) is 140 Å². The SMILES string of the molecule is CCCCC(=O)Nc1cncc(-c2ncc3[nH]nc(-c4nc5c(-c6cc(F)cc(NCCN(C)C)c6)nccc5[nH]4)c3c2F)c1. The first-order valence-corrected chi connectivity index (χ1v) is 14.6. The maximum atomic E-state index is 16.2. The average Bonchev–Trinajstić information content (AvgIpc) is 3.65. The summed E-state index contributed by atoms with van der Waals surface area (Å²) in [6, 6.07) is 8.05. The molecule has 6 rings (SSSR count). The van der Waals surface area contributed by atoms with Gasteiger partial charge >= 0.3 is 0 Å². The predicted octanol–water partition coefficient (Wildman–Crippen LogP) is 6.01. The lowest BCUT2D eigenvalue weighted by Crippen LogP contribution is -2.20. The third-order valence-corrected chi connectivity index (χ3v) is 7.28. The number of nitrogens with one attached hydrogen (secondary N) is 4. The number of aromatic nitrogens is 7. The number of rotatable bonds is 11. The lowest BCUT2D eigenvalue weighted by molar-refractivity contribution is -0.116. The molecule has 0 bridgehead atoms. The molecule has 6 aromatic rings. The van der Waals surface area contributed by atoms with Crippen molar-refractivity contribution in [1.82, 2.24) is 40.0 Å². The van der Waals surface area contributed by atoms with Crippen molar-refractivity contribution in [2.24, 2.45) is 0 Å². The zero-order valence-corrected chi connectivity index (χ0v) is 25.1.